The van der Waals surface area contributed by atoms with E-state index in [1.54, 1.807) is 32.0 Å². The third kappa shape index (κ3) is 3.12. The molecule has 0 spiro atoms. The van der Waals surface area contributed by atoms with Gasteiger partial charge in [-0.2, -0.15) is 9.97 Å². The number of allylic oxidation sites excluding steroid dienone is 1. The van der Waals surface area contributed by atoms with E-state index in [1.807, 2.05) is 0 Å². The van der Waals surface area contributed by atoms with Crippen LogP contribution in [-0.4, -0.2) is 27.5 Å². The van der Waals surface area contributed by atoms with Gasteiger partial charge in [0, 0.05) is 22.9 Å². The summed E-state index contributed by atoms with van der Waals surface area (Å²) in [6.45, 7) is 3.49. The molecule has 3 rings (SSSR count). The maximum Gasteiger partial charge on any atom is 0.336 e. The van der Waals surface area contributed by atoms with Crippen molar-refractivity contribution in [2.75, 3.05) is 23.4 Å². The fourth-order valence-electron chi connectivity index (χ4n) is 3.18. The van der Waals surface area contributed by atoms with Crippen molar-refractivity contribution in [3.63, 3.8) is 0 Å². The molecule has 1 aromatic carbocycles. The van der Waals surface area contributed by atoms with E-state index < -0.39 is 16.8 Å². The summed E-state index contributed by atoms with van der Waals surface area (Å²) in [6, 6.07) is 6.13. The summed E-state index contributed by atoms with van der Waals surface area (Å²) in [7, 11) is 0. The van der Waals surface area contributed by atoms with Gasteiger partial charge in [-0.25, -0.2) is 4.79 Å². The van der Waals surface area contributed by atoms with E-state index in [9.17, 15) is 14.9 Å². The molecule has 0 aliphatic carbocycles. The summed E-state index contributed by atoms with van der Waals surface area (Å²) in [6.07, 6.45) is 0. The molecule has 10 nitrogen and oxygen atoms in total. The molecule has 1 aliphatic heterocycles. The smallest absolute Gasteiger partial charge is 0.336 e. The first kappa shape index (κ1) is 18.1. The van der Waals surface area contributed by atoms with E-state index >= 15 is 0 Å². The first-order chi connectivity index (χ1) is 12.8. The van der Waals surface area contributed by atoms with Crippen molar-refractivity contribution in [2.24, 2.45) is 0 Å². The maximum absolute atomic E-state index is 12.7. The Morgan fingerprint density at radius 2 is 2.04 bits per heavy atom. The van der Waals surface area contributed by atoms with E-state index in [1.165, 1.54) is 6.07 Å². The minimum atomic E-state index is -0.873. The topological polar surface area (TPSA) is 159 Å². The largest absolute Gasteiger partial charge is 0.463 e. The van der Waals surface area contributed by atoms with Gasteiger partial charge in [0.05, 0.1) is 23.0 Å². The highest BCUT2D eigenvalue weighted by atomic mass is 16.6. The number of nitrogens with zero attached hydrogens (tertiary/aromatic N) is 3. The number of fused-ring (bicyclic) bond motifs is 1. The van der Waals surface area contributed by atoms with Crippen molar-refractivity contribution in [3.05, 3.63) is 56.8 Å². The minimum Gasteiger partial charge on any atom is -0.463 e. The third-order valence-electron chi connectivity index (χ3n) is 4.22. The highest BCUT2D eigenvalue weighted by Crippen LogP contribution is 2.46. The monoisotopic (exact) mass is 370 g/mol. The van der Waals surface area contributed by atoms with Crippen molar-refractivity contribution >= 4 is 29.2 Å². The van der Waals surface area contributed by atoms with Crippen molar-refractivity contribution < 1.29 is 14.5 Å². The van der Waals surface area contributed by atoms with Crippen LogP contribution < -0.4 is 16.8 Å². The van der Waals surface area contributed by atoms with E-state index in [0.29, 0.717) is 17.1 Å². The lowest BCUT2D eigenvalue weighted by Gasteiger charge is -2.29. The molecule has 5 N–H and O–H groups in total. The molecule has 1 aliphatic rings. The Hall–Kier alpha value is -3.69. The quantitative estimate of drug-likeness (QED) is 0.415. The number of nitro groups is 1. The fourth-order valence-corrected chi connectivity index (χ4v) is 3.18. The summed E-state index contributed by atoms with van der Waals surface area (Å²) in [5, 5.41) is 14.6. The molecule has 140 valence electrons. The van der Waals surface area contributed by atoms with Crippen LogP contribution in [0.15, 0.2) is 35.5 Å². The predicted octanol–water partition coefficient (Wildman–Crippen LogP) is 1.94. The van der Waals surface area contributed by atoms with Crippen LogP contribution >= 0.6 is 0 Å². The molecule has 10 heteroatoms. The number of nitrogens with one attached hydrogen (secondary N) is 1. The van der Waals surface area contributed by atoms with E-state index in [-0.39, 0.29) is 35.2 Å². The van der Waals surface area contributed by atoms with Gasteiger partial charge in [0.1, 0.15) is 11.6 Å². The molecule has 27 heavy (non-hydrogen) atoms. The second-order valence-corrected chi connectivity index (χ2v) is 5.86. The molecule has 0 saturated carbocycles. The van der Waals surface area contributed by atoms with Crippen LogP contribution in [0.4, 0.5) is 23.3 Å². The van der Waals surface area contributed by atoms with Crippen LogP contribution in [0, 0.1) is 10.1 Å². The van der Waals surface area contributed by atoms with Gasteiger partial charge in [-0.05, 0) is 13.8 Å². The number of carbonyl (C=O) groups is 1. The lowest BCUT2D eigenvalue weighted by molar-refractivity contribution is -0.385. The second kappa shape index (κ2) is 6.90. The van der Waals surface area contributed by atoms with Gasteiger partial charge in [-0.15, -0.1) is 0 Å². The minimum absolute atomic E-state index is 0.0300. The van der Waals surface area contributed by atoms with E-state index in [4.69, 9.17) is 16.2 Å². The average Bonchev–Trinajstić information content (AvgIpc) is 2.60. The SMILES string of the molecule is CCOC(=O)C1=C(C)Nc2nc(N)nc(N)c2C1c1ccccc1[N+](=O)[O-]. The van der Waals surface area contributed by atoms with Gasteiger partial charge < -0.3 is 21.5 Å². The molecule has 1 aromatic heterocycles. The fraction of sp³-hybridized carbons (Fsp3) is 0.235. The molecular formula is C17H18N6O4. The van der Waals surface area contributed by atoms with Crippen molar-refractivity contribution in [1.82, 2.24) is 9.97 Å². The number of nitro benzene ring substituents is 1. The maximum atomic E-state index is 12.7. The van der Waals surface area contributed by atoms with Crippen molar-refractivity contribution in [2.45, 2.75) is 19.8 Å². The number of ether oxygens (including phenoxy) is 1. The van der Waals surface area contributed by atoms with Crippen LogP contribution in [0.5, 0.6) is 0 Å². The van der Waals surface area contributed by atoms with Crippen LogP contribution in [0.25, 0.3) is 0 Å². The Bertz CT molecular complexity index is 972. The summed E-state index contributed by atoms with van der Waals surface area (Å²) in [5.41, 5.74) is 12.9. The normalized spacial score (nSPS) is 15.7. The summed E-state index contributed by atoms with van der Waals surface area (Å²) in [4.78, 5) is 31.8. The van der Waals surface area contributed by atoms with Crippen LogP contribution in [0.3, 0.4) is 0 Å². The number of nitrogens with two attached hydrogens (primary N) is 2. The predicted molar refractivity (Wildman–Crippen MR) is 98.8 cm³/mol. The van der Waals surface area contributed by atoms with Gasteiger partial charge in [0.25, 0.3) is 5.69 Å². The average molecular weight is 370 g/mol. The zero-order chi connectivity index (χ0) is 19.7. The second-order valence-electron chi connectivity index (χ2n) is 5.86. The number of hydrogen-bond donors (Lipinski definition) is 3. The molecule has 2 aromatic rings. The Kier molecular flexibility index (Phi) is 4.63. The molecule has 0 amide bonds. The number of aromatic nitrogens is 2. The number of nitrogen functional groups attached to an aromatic ring is 2. The first-order valence-corrected chi connectivity index (χ1v) is 8.16. The lowest BCUT2D eigenvalue weighted by Crippen LogP contribution is -2.27. The molecule has 0 radical (unpaired) electrons. The molecule has 1 unspecified atom stereocenters. The van der Waals surface area contributed by atoms with Crippen LogP contribution in [-0.2, 0) is 9.53 Å². The number of anilines is 3. The number of esters is 1. The Morgan fingerprint density at radius 3 is 2.70 bits per heavy atom. The van der Waals surface area contributed by atoms with Gasteiger partial charge in [0.15, 0.2) is 0 Å². The molecule has 1 atom stereocenters. The summed E-state index contributed by atoms with van der Waals surface area (Å²) < 4.78 is 5.17. The zero-order valence-electron chi connectivity index (χ0n) is 14.7. The van der Waals surface area contributed by atoms with Gasteiger partial charge in [-0.1, -0.05) is 18.2 Å². The number of hydrogen-bond acceptors (Lipinski definition) is 9. The summed E-state index contributed by atoms with van der Waals surface area (Å²) >= 11 is 0. The number of benzene rings is 1. The number of carbonyl (C=O) groups excluding carboxylic acids is 1. The molecule has 0 bridgehead atoms. The van der Waals surface area contributed by atoms with Gasteiger partial charge in [0.2, 0.25) is 5.95 Å². The first-order valence-electron chi connectivity index (χ1n) is 8.16. The van der Waals surface area contributed by atoms with Crippen LogP contribution in [0.2, 0.25) is 0 Å². The number of para-hydroxylation sites is 1. The third-order valence-corrected chi connectivity index (χ3v) is 4.22. The van der Waals surface area contributed by atoms with Crippen molar-refractivity contribution in [3.8, 4) is 0 Å². The summed E-state index contributed by atoms with van der Waals surface area (Å²) in [5.74, 6) is -1.20. The zero-order valence-corrected chi connectivity index (χ0v) is 14.7. The van der Waals surface area contributed by atoms with Crippen molar-refractivity contribution in [1.29, 1.82) is 0 Å². The number of rotatable bonds is 4. The molecule has 0 fully saturated rings. The Labute approximate surface area is 154 Å². The Morgan fingerprint density at radius 1 is 1.33 bits per heavy atom. The highest BCUT2D eigenvalue weighted by Gasteiger charge is 2.39. The molecular weight excluding hydrogens is 352 g/mol. The van der Waals surface area contributed by atoms with Gasteiger partial charge in [-0.3, -0.25) is 10.1 Å². The standard InChI is InChI=1S/C17H18N6O4/c1-3-27-16(24)11-8(2)20-15-13(14(18)21-17(19)22-15)12(11)9-6-4-5-7-10(9)23(25)26/h4-7,12H,3H2,1-2H3,(H5,18,19,20,21,22). The lowest BCUT2D eigenvalue weighted by atomic mass is 9.81. The van der Waals surface area contributed by atoms with E-state index in [2.05, 4.69) is 15.3 Å². The molecule has 0 saturated heterocycles. The van der Waals surface area contributed by atoms with Gasteiger partial charge >= 0.3 is 5.97 Å². The Balaban J connectivity index is 2.33. The highest BCUT2D eigenvalue weighted by molar-refractivity contribution is 5.95. The van der Waals surface area contributed by atoms with E-state index in [0.717, 1.165) is 0 Å². The van der Waals surface area contributed by atoms with Crippen LogP contribution in [0.1, 0.15) is 30.9 Å². The molecule has 2 heterocycles.